The van der Waals surface area contributed by atoms with Gasteiger partial charge in [-0.3, -0.25) is 14.9 Å². The van der Waals surface area contributed by atoms with E-state index in [4.69, 9.17) is 9.47 Å². The largest absolute Gasteiger partial charge is 0.497 e. The van der Waals surface area contributed by atoms with Gasteiger partial charge in [-0.25, -0.2) is 5.43 Å². The van der Waals surface area contributed by atoms with Gasteiger partial charge < -0.3 is 9.47 Å². The lowest BCUT2D eigenvalue weighted by Crippen LogP contribution is -2.17. The van der Waals surface area contributed by atoms with Gasteiger partial charge >= 0.3 is 0 Å². The minimum absolute atomic E-state index is 0.0669. The van der Waals surface area contributed by atoms with Gasteiger partial charge in [0.25, 0.3) is 11.6 Å². The third-order valence-corrected chi connectivity index (χ3v) is 5.26. The normalized spacial score (nSPS) is 10.6. The molecule has 31 heavy (non-hydrogen) atoms. The van der Waals surface area contributed by atoms with Crippen LogP contribution in [0.4, 0.5) is 5.69 Å². The fourth-order valence-electron chi connectivity index (χ4n) is 2.62. The highest BCUT2D eigenvalue weighted by atomic mass is 32.2. The summed E-state index contributed by atoms with van der Waals surface area (Å²) in [4.78, 5) is 24.9. The third-order valence-electron chi connectivity index (χ3n) is 4.16. The van der Waals surface area contributed by atoms with Gasteiger partial charge in [0.1, 0.15) is 11.5 Å². The van der Waals surface area contributed by atoms with Crippen molar-refractivity contribution in [1.29, 1.82) is 0 Å². The number of nitro benzene ring substituents is 1. The van der Waals surface area contributed by atoms with E-state index in [1.165, 1.54) is 44.3 Å². The minimum Gasteiger partial charge on any atom is -0.497 e. The van der Waals surface area contributed by atoms with Crippen LogP contribution >= 0.6 is 11.8 Å². The molecule has 0 spiro atoms. The Labute approximate surface area is 183 Å². The molecule has 3 rings (SSSR count). The average molecular weight is 437 g/mol. The van der Waals surface area contributed by atoms with Crippen LogP contribution in [0.5, 0.6) is 11.5 Å². The number of carbonyl (C=O) groups excluding carboxylic acids is 1. The Morgan fingerprint density at radius 3 is 2.32 bits per heavy atom. The van der Waals surface area contributed by atoms with Crippen molar-refractivity contribution in [2.24, 2.45) is 5.10 Å². The van der Waals surface area contributed by atoms with E-state index >= 15 is 0 Å². The van der Waals surface area contributed by atoms with Gasteiger partial charge in [-0.1, -0.05) is 30.0 Å². The first-order valence-corrected chi connectivity index (χ1v) is 9.89. The van der Waals surface area contributed by atoms with Crippen molar-refractivity contribution in [3.8, 4) is 11.5 Å². The van der Waals surface area contributed by atoms with Crippen LogP contribution in [0.3, 0.4) is 0 Å². The van der Waals surface area contributed by atoms with Gasteiger partial charge in [0.05, 0.1) is 25.4 Å². The molecular formula is C22H19N3O5S. The van der Waals surface area contributed by atoms with E-state index in [1.807, 2.05) is 30.3 Å². The van der Waals surface area contributed by atoms with Crippen LogP contribution < -0.4 is 14.9 Å². The van der Waals surface area contributed by atoms with E-state index in [2.05, 4.69) is 10.5 Å². The summed E-state index contributed by atoms with van der Waals surface area (Å²) in [6.45, 7) is 0. The molecule has 8 nitrogen and oxygen atoms in total. The summed E-state index contributed by atoms with van der Waals surface area (Å²) < 4.78 is 10.3. The van der Waals surface area contributed by atoms with Crippen molar-refractivity contribution < 1.29 is 19.2 Å². The van der Waals surface area contributed by atoms with Gasteiger partial charge in [-0.15, -0.1) is 0 Å². The predicted molar refractivity (Wildman–Crippen MR) is 118 cm³/mol. The fourth-order valence-corrected chi connectivity index (χ4v) is 3.53. The lowest BCUT2D eigenvalue weighted by Gasteiger charge is -2.08. The molecule has 0 saturated heterocycles. The highest BCUT2D eigenvalue weighted by Gasteiger charge is 2.12. The molecule has 0 radical (unpaired) electrons. The van der Waals surface area contributed by atoms with Crippen molar-refractivity contribution >= 4 is 29.6 Å². The summed E-state index contributed by atoms with van der Waals surface area (Å²) in [6.07, 6.45) is 1.38. The van der Waals surface area contributed by atoms with Crippen molar-refractivity contribution in [2.45, 2.75) is 9.79 Å². The summed E-state index contributed by atoms with van der Waals surface area (Å²) >= 11 is 1.44. The van der Waals surface area contributed by atoms with E-state index in [0.717, 1.165) is 9.79 Å². The van der Waals surface area contributed by atoms with E-state index in [0.29, 0.717) is 22.6 Å². The standard InChI is InChI=1S/C22H19N3O5S/c1-29-18-11-15(12-19(13-18)30-2)22(26)24-23-14-16-10-17(25(27)28)8-9-21(16)31-20-6-4-3-5-7-20/h3-14H,1-2H3,(H,24,26)/b23-14+. The second-order valence-corrected chi connectivity index (χ2v) is 7.31. The zero-order valence-corrected chi connectivity index (χ0v) is 17.6. The lowest BCUT2D eigenvalue weighted by atomic mass is 10.2. The van der Waals surface area contributed by atoms with Crippen LogP contribution in [0.25, 0.3) is 0 Å². The molecule has 0 aliphatic carbocycles. The number of amides is 1. The molecule has 0 saturated carbocycles. The van der Waals surface area contributed by atoms with Gasteiger partial charge in [0, 0.05) is 39.1 Å². The zero-order valence-electron chi connectivity index (χ0n) is 16.8. The number of non-ortho nitro benzene ring substituents is 1. The molecule has 3 aromatic carbocycles. The minimum atomic E-state index is -0.477. The van der Waals surface area contributed by atoms with Gasteiger partial charge in [0.15, 0.2) is 0 Å². The number of methoxy groups -OCH3 is 2. The van der Waals surface area contributed by atoms with E-state index in [1.54, 1.807) is 24.3 Å². The van der Waals surface area contributed by atoms with E-state index < -0.39 is 10.8 Å². The first-order chi connectivity index (χ1) is 15.0. The molecule has 3 aromatic rings. The molecule has 0 heterocycles. The van der Waals surface area contributed by atoms with Crippen LogP contribution in [0, 0.1) is 10.1 Å². The number of hydrazone groups is 1. The number of nitrogens with zero attached hydrogens (tertiary/aromatic N) is 2. The Morgan fingerprint density at radius 2 is 1.71 bits per heavy atom. The van der Waals surface area contributed by atoms with Crippen molar-refractivity contribution in [2.75, 3.05) is 14.2 Å². The number of carbonyl (C=O) groups is 1. The number of hydrogen-bond donors (Lipinski definition) is 1. The maximum absolute atomic E-state index is 12.5. The molecular weight excluding hydrogens is 418 g/mol. The number of hydrogen-bond acceptors (Lipinski definition) is 7. The van der Waals surface area contributed by atoms with Gasteiger partial charge in [-0.2, -0.15) is 5.10 Å². The molecule has 0 unspecified atom stereocenters. The van der Waals surface area contributed by atoms with Crippen LogP contribution in [0.15, 0.2) is 81.6 Å². The average Bonchev–Trinajstić information content (AvgIpc) is 2.80. The molecule has 1 amide bonds. The van der Waals surface area contributed by atoms with Crippen LogP contribution in [-0.2, 0) is 0 Å². The van der Waals surface area contributed by atoms with Crippen LogP contribution in [-0.4, -0.2) is 31.3 Å². The quantitative estimate of drug-likeness (QED) is 0.316. The highest BCUT2D eigenvalue weighted by molar-refractivity contribution is 7.99. The van der Waals surface area contributed by atoms with Gasteiger partial charge in [-0.05, 0) is 30.3 Å². The molecule has 9 heteroatoms. The molecule has 0 aromatic heterocycles. The number of benzene rings is 3. The maximum atomic E-state index is 12.5. The van der Waals surface area contributed by atoms with Crippen molar-refractivity contribution in [3.05, 3.63) is 88.0 Å². The molecule has 0 aliphatic rings. The Balaban J connectivity index is 1.82. The summed E-state index contributed by atoms with van der Waals surface area (Å²) in [5.74, 6) is 0.457. The second-order valence-electron chi connectivity index (χ2n) is 6.19. The second kappa shape index (κ2) is 10.3. The number of ether oxygens (including phenoxy) is 2. The molecule has 0 fully saturated rings. The Hall–Kier alpha value is -3.85. The lowest BCUT2D eigenvalue weighted by molar-refractivity contribution is -0.384. The van der Waals surface area contributed by atoms with Crippen molar-refractivity contribution in [1.82, 2.24) is 5.43 Å². The molecule has 0 aliphatic heterocycles. The molecule has 158 valence electrons. The topological polar surface area (TPSA) is 103 Å². The van der Waals surface area contributed by atoms with Crippen LogP contribution in [0.1, 0.15) is 15.9 Å². The summed E-state index contributed by atoms with van der Waals surface area (Å²) in [5, 5.41) is 15.2. The van der Waals surface area contributed by atoms with Crippen LogP contribution in [0.2, 0.25) is 0 Å². The fraction of sp³-hybridized carbons (Fsp3) is 0.0909. The SMILES string of the molecule is COc1cc(OC)cc(C(=O)N/N=C/c2cc([N+](=O)[O-])ccc2Sc2ccccc2)c1. The highest BCUT2D eigenvalue weighted by Crippen LogP contribution is 2.31. The Morgan fingerprint density at radius 1 is 1.03 bits per heavy atom. The number of rotatable bonds is 8. The predicted octanol–water partition coefficient (Wildman–Crippen LogP) is 4.53. The van der Waals surface area contributed by atoms with E-state index in [-0.39, 0.29) is 5.69 Å². The third kappa shape index (κ3) is 5.83. The smallest absolute Gasteiger partial charge is 0.271 e. The first-order valence-electron chi connectivity index (χ1n) is 9.08. The zero-order chi connectivity index (χ0) is 22.2. The Kier molecular flexibility index (Phi) is 7.23. The summed E-state index contributed by atoms with van der Waals surface area (Å²) in [5.41, 5.74) is 3.17. The summed E-state index contributed by atoms with van der Waals surface area (Å²) in [7, 11) is 2.98. The first kappa shape index (κ1) is 21.8. The molecule has 1 N–H and O–H groups in total. The monoisotopic (exact) mass is 437 g/mol. The number of nitrogens with one attached hydrogen (secondary N) is 1. The summed E-state index contributed by atoms with van der Waals surface area (Å²) in [6, 6.07) is 18.9. The van der Waals surface area contributed by atoms with Gasteiger partial charge in [0.2, 0.25) is 0 Å². The van der Waals surface area contributed by atoms with E-state index in [9.17, 15) is 14.9 Å². The molecule has 0 atom stereocenters. The van der Waals surface area contributed by atoms with Crippen molar-refractivity contribution in [3.63, 3.8) is 0 Å². The number of nitro groups is 1. The molecule has 0 bridgehead atoms. The maximum Gasteiger partial charge on any atom is 0.271 e. The Bertz CT molecular complexity index is 1100.